The van der Waals surface area contributed by atoms with E-state index in [1.54, 1.807) is 13.0 Å². The Morgan fingerprint density at radius 2 is 2.00 bits per heavy atom. The van der Waals surface area contributed by atoms with Crippen LogP contribution in [0.4, 0.5) is 13.2 Å². The van der Waals surface area contributed by atoms with Gasteiger partial charge in [-0.25, -0.2) is 0 Å². The standard InChI is InChI=1S/C14H17F3N2O/c1-9(18)13(20)19(11-6-7-11)8-10-4-2-3-5-12(10)14(15,16)17/h2-5,9,11H,6-8,18H2,1H3/t9-/m0/s1. The topological polar surface area (TPSA) is 46.3 Å². The Hall–Kier alpha value is -1.56. The molecule has 110 valence electrons. The number of alkyl halides is 3. The average molecular weight is 286 g/mol. The molecule has 0 heterocycles. The van der Waals surface area contributed by atoms with Crippen LogP contribution >= 0.6 is 0 Å². The van der Waals surface area contributed by atoms with E-state index in [2.05, 4.69) is 0 Å². The lowest BCUT2D eigenvalue weighted by molar-refractivity contribution is -0.140. The fraction of sp³-hybridized carbons (Fsp3) is 0.500. The van der Waals surface area contributed by atoms with Gasteiger partial charge in [0.2, 0.25) is 5.91 Å². The third-order valence-corrected chi connectivity index (χ3v) is 3.32. The molecule has 0 aliphatic heterocycles. The summed E-state index contributed by atoms with van der Waals surface area (Å²) in [6, 6.07) is 4.67. The predicted octanol–water partition coefficient (Wildman–Crippen LogP) is 2.54. The molecule has 1 aliphatic carbocycles. The molecule has 3 nitrogen and oxygen atoms in total. The predicted molar refractivity (Wildman–Crippen MR) is 68.7 cm³/mol. The van der Waals surface area contributed by atoms with Crippen molar-refractivity contribution in [2.45, 2.75) is 44.6 Å². The van der Waals surface area contributed by atoms with Crippen LogP contribution in [0.25, 0.3) is 0 Å². The van der Waals surface area contributed by atoms with E-state index in [0.29, 0.717) is 0 Å². The molecule has 0 radical (unpaired) electrons. The summed E-state index contributed by atoms with van der Waals surface area (Å²) >= 11 is 0. The lowest BCUT2D eigenvalue weighted by Gasteiger charge is -2.26. The quantitative estimate of drug-likeness (QED) is 0.924. The number of rotatable bonds is 4. The molecule has 0 unspecified atom stereocenters. The molecule has 1 amide bonds. The van der Waals surface area contributed by atoms with Crippen molar-refractivity contribution in [1.82, 2.24) is 4.90 Å². The molecule has 20 heavy (non-hydrogen) atoms. The molecule has 1 aromatic rings. The van der Waals surface area contributed by atoms with Crippen molar-refractivity contribution in [3.05, 3.63) is 35.4 Å². The second kappa shape index (κ2) is 5.44. The van der Waals surface area contributed by atoms with Gasteiger partial charge in [-0.15, -0.1) is 0 Å². The van der Waals surface area contributed by atoms with Gasteiger partial charge in [0, 0.05) is 12.6 Å². The maximum Gasteiger partial charge on any atom is 0.416 e. The second-order valence-electron chi connectivity index (χ2n) is 5.14. The molecule has 2 N–H and O–H groups in total. The summed E-state index contributed by atoms with van der Waals surface area (Å²) in [5.74, 6) is -0.301. The van der Waals surface area contributed by atoms with Crippen molar-refractivity contribution in [3.63, 3.8) is 0 Å². The summed E-state index contributed by atoms with van der Waals surface area (Å²) in [5, 5.41) is 0. The molecule has 1 saturated carbocycles. The SMILES string of the molecule is C[C@H](N)C(=O)N(Cc1ccccc1C(F)(F)F)C1CC1. The largest absolute Gasteiger partial charge is 0.416 e. The van der Waals surface area contributed by atoms with E-state index >= 15 is 0 Å². The number of nitrogens with two attached hydrogens (primary N) is 1. The van der Waals surface area contributed by atoms with E-state index in [1.165, 1.54) is 17.0 Å². The summed E-state index contributed by atoms with van der Waals surface area (Å²) in [6.07, 6.45) is -2.76. The second-order valence-corrected chi connectivity index (χ2v) is 5.14. The molecule has 1 atom stereocenters. The van der Waals surface area contributed by atoms with Crippen molar-refractivity contribution >= 4 is 5.91 Å². The van der Waals surface area contributed by atoms with Crippen LogP contribution in [0.2, 0.25) is 0 Å². The van der Waals surface area contributed by atoms with Gasteiger partial charge in [-0.3, -0.25) is 4.79 Å². The summed E-state index contributed by atoms with van der Waals surface area (Å²) in [5.41, 5.74) is 4.99. The van der Waals surface area contributed by atoms with Gasteiger partial charge in [0.25, 0.3) is 0 Å². The lowest BCUT2D eigenvalue weighted by Crippen LogP contribution is -2.43. The molecule has 0 aromatic heterocycles. The maximum atomic E-state index is 12.9. The van der Waals surface area contributed by atoms with Crippen LogP contribution in [0.15, 0.2) is 24.3 Å². The van der Waals surface area contributed by atoms with Gasteiger partial charge in [-0.05, 0) is 31.4 Å². The third-order valence-electron chi connectivity index (χ3n) is 3.32. The van der Waals surface area contributed by atoms with E-state index < -0.39 is 17.8 Å². The number of benzene rings is 1. The smallest absolute Gasteiger partial charge is 0.334 e. The Kier molecular flexibility index (Phi) is 4.04. The van der Waals surface area contributed by atoms with Gasteiger partial charge in [-0.2, -0.15) is 13.2 Å². The lowest BCUT2D eigenvalue weighted by atomic mass is 10.1. The van der Waals surface area contributed by atoms with E-state index in [9.17, 15) is 18.0 Å². The van der Waals surface area contributed by atoms with Crippen LogP contribution in [0.3, 0.4) is 0 Å². The molecule has 1 fully saturated rings. The monoisotopic (exact) mass is 286 g/mol. The Labute approximate surface area is 115 Å². The van der Waals surface area contributed by atoms with Crippen molar-refractivity contribution in [2.75, 3.05) is 0 Å². The molecule has 6 heteroatoms. The van der Waals surface area contributed by atoms with E-state index in [-0.39, 0.29) is 24.1 Å². The van der Waals surface area contributed by atoms with Crippen molar-refractivity contribution in [2.24, 2.45) is 5.73 Å². The van der Waals surface area contributed by atoms with Gasteiger partial charge in [0.15, 0.2) is 0 Å². The number of carbonyl (C=O) groups excluding carboxylic acids is 1. The van der Waals surface area contributed by atoms with Crippen LogP contribution in [-0.2, 0) is 17.5 Å². The van der Waals surface area contributed by atoms with Crippen LogP contribution < -0.4 is 5.73 Å². The first-order valence-electron chi connectivity index (χ1n) is 6.52. The number of hydrogen-bond acceptors (Lipinski definition) is 2. The number of hydrogen-bond donors (Lipinski definition) is 1. The van der Waals surface area contributed by atoms with E-state index in [1.807, 2.05) is 0 Å². The number of halogens is 3. The molecule has 1 aliphatic rings. The molecule has 2 rings (SSSR count). The number of carbonyl (C=O) groups is 1. The highest BCUT2D eigenvalue weighted by atomic mass is 19.4. The zero-order valence-electron chi connectivity index (χ0n) is 11.2. The first kappa shape index (κ1) is 14.8. The number of amides is 1. The van der Waals surface area contributed by atoms with Crippen LogP contribution in [0.1, 0.15) is 30.9 Å². The fourth-order valence-electron chi connectivity index (χ4n) is 2.15. The van der Waals surface area contributed by atoms with Crippen molar-refractivity contribution in [3.8, 4) is 0 Å². The molecule has 1 aromatic carbocycles. The molecule has 0 saturated heterocycles. The summed E-state index contributed by atoms with van der Waals surface area (Å²) in [6.45, 7) is 1.51. The van der Waals surface area contributed by atoms with Gasteiger partial charge in [0.05, 0.1) is 11.6 Å². The summed E-state index contributed by atoms with van der Waals surface area (Å²) < 4.78 is 38.8. The molecule has 0 bridgehead atoms. The minimum Gasteiger partial charge on any atom is -0.334 e. The highest BCUT2D eigenvalue weighted by molar-refractivity contribution is 5.81. The van der Waals surface area contributed by atoms with Crippen LogP contribution in [0, 0.1) is 0 Å². The zero-order valence-corrected chi connectivity index (χ0v) is 11.2. The minimum absolute atomic E-state index is 0.0230. The Bertz CT molecular complexity index is 495. The summed E-state index contributed by atoms with van der Waals surface area (Å²) in [7, 11) is 0. The van der Waals surface area contributed by atoms with Gasteiger partial charge in [-0.1, -0.05) is 18.2 Å². The third kappa shape index (κ3) is 3.30. The van der Waals surface area contributed by atoms with Gasteiger partial charge in [0.1, 0.15) is 0 Å². The van der Waals surface area contributed by atoms with E-state index in [0.717, 1.165) is 18.9 Å². The Balaban J connectivity index is 2.25. The Morgan fingerprint density at radius 3 is 2.50 bits per heavy atom. The summed E-state index contributed by atoms with van der Waals surface area (Å²) in [4.78, 5) is 13.5. The molecule has 0 spiro atoms. The van der Waals surface area contributed by atoms with Gasteiger partial charge < -0.3 is 10.6 Å². The highest BCUT2D eigenvalue weighted by Gasteiger charge is 2.37. The minimum atomic E-state index is -4.41. The molecular formula is C14H17F3N2O. The normalized spacial score (nSPS) is 16.9. The molecular weight excluding hydrogens is 269 g/mol. The zero-order chi connectivity index (χ0) is 14.9. The van der Waals surface area contributed by atoms with Crippen molar-refractivity contribution < 1.29 is 18.0 Å². The maximum absolute atomic E-state index is 12.9. The first-order valence-corrected chi connectivity index (χ1v) is 6.52. The number of nitrogens with zero attached hydrogens (tertiary/aromatic N) is 1. The first-order chi connectivity index (χ1) is 9.30. The van der Waals surface area contributed by atoms with Crippen LogP contribution in [-0.4, -0.2) is 22.9 Å². The fourth-order valence-corrected chi connectivity index (χ4v) is 2.15. The Morgan fingerprint density at radius 1 is 1.40 bits per heavy atom. The van der Waals surface area contributed by atoms with Crippen molar-refractivity contribution in [1.29, 1.82) is 0 Å². The average Bonchev–Trinajstić information content (AvgIpc) is 3.18. The highest BCUT2D eigenvalue weighted by Crippen LogP contribution is 2.34. The van der Waals surface area contributed by atoms with E-state index in [4.69, 9.17) is 5.73 Å². The van der Waals surface area contributed by atoms with Gasteiger partial charge >= 0.3 is 6.18 Å². The van der Waals surface area contributed by atoms with Crippen LogP contribution in [0.5, 0.6) is 0 Å².